The SMILES string of the molecule is COC(=O)C12CN(C)CC(C(=O)OC)(C1=O)C(c1cccc(F)n1)N(C)C2c1cccc(F)n1. The number of Topliss-reactive ketones (excluding diaryl/α,β-unsaturated/α-hetero) is 1. The van der Waals surface area contributed by atoms with Gasteiger partial charge in [0.25, 0.3) is 0 Å². The molecule has 0 amide bonds. The molecule has 2 aliphatic rings. The maximum absolute atomic E-state index is 14.4. The van der Waals surface area contributed by atoms with Gasteiger partial charge in [-0.3, -0.25) is 19.3 Å². The molecule has 0 aliphatic carbocycles. The van der Waals surface area contributed by atoms with E-state index < -0.39 is 52.5 Å². The van der Waals surface area contributed by atoms with E-state index >= 15 is 0 Å². The van der Waals surface area contributed by atoms with Crippen LogP contribution in [-0.4, -0.2) is 78.9 Å². The van der Waals surface area contributed by atoms with Gasteiger partial charge in [-0.2, -0.15) is 8.78 Å². The third-order valence-corrected chi connectivity index (χ3v) is 6.73. The quantitative estimate of drug-likeness (QED) is 0.369. The van der Waals surface area contributed by atoms with Gasteiger partial charge in [0.2, 0.25) is 11.9 Å². The van der Waals surface area contributed by atoms with Crippen molar-refractivity contribution < 1.29 is 32.6 Å². The van der Waals surface area contributed by atoms with Gasteiger partial charge in [0.1, 0.15) is 0 Å². The summed E-state index contributed by atoms with van der Waals surface area (Å²) >= 11 is 0. The van der Waals surface area contributed by atoms with Crippen LogP contribution in [0.4, 0.5) is 8.78 Å². The first-order chi connectivity index (χ1) is 16.1. The Kier molecular flexibility index (Phi) is 5.94. The van der Waals surface area contributed by atoms with Gasteiger partial charge >= 0.3 is 11.9 Å². The standard InChI is InChI=1S/C23H24F2N4O5/c1-28-11-22(20(31)33-3)17(13-7-5-9-15(24)26-13)29(2)18(14-8-6-10-16(25)27-14)23(12-28,19(22)30)21(32)34-4/h5-10,17-18H,11-12H2,1-4H3. The molecular weight excluding hydrogens is 450 g/mol. The summed E-state index contributed by atoms with van der Waals surface area (Å²) in [6, 6.07) is 5.75. The Balaban J connectivity index is 2.09. The minimum Gasteiger partial charge on any atom is -0.468 e. The molecule has 4 heterocycles. The van der Waals surface area contributed by atoms with E-state index in [-0.39, 0.29) is 24.5 Å². The summed E-state index contributed by atoms with van der Waals surface area (Å²) in [7, 11) is 5.46. The molecule has 4 atom stereocenters. The number of halogens is 2. The van der Waals surface area contributed by atoms with Crippen LogP contribution in [0.5, 0.6) is 0 Å². The number of esters is 2. The van der Waals surface area contributed by atoms with E-state index in [4.69, 9.17) is 9.47 Å². The van der Waals surface area contributed by atoms with E-state index in [2.05, 4.69) is 9.97 Å². The molecule has 11 heteroatoms. The summed E-state index contributed by atoms with van der Waals surface area (Å²) in [6.45, 7) is -0.235. The molecule has 4 unspecified atom stereocenters. The highest BCUT2D eigenvalue weighted by molar-refractivity contribution is 6.17. The molecule has 2 aromatic rings. The van der Waals surface area contributed by atoms with E-state index in [0.717, 1.165) is 26.4 Å². The maximum atomic E-state index is 14.4. The third kappa shape index (κ3) is 3.22. The fraction of sp³-hybridized carbons (Fsp3) is 0.435. The number of rotatable bonds is 4. The van der Waals surface area contributed by atoms with Gasteiger partial charge < -0.3 is 14.4 Å². The van der Waals surface area contributed by atoms with Crippen LogP contribution in [0.25, 0.3) is 0 Å². The van der Waals surface area contributed by atoms with Crippen molar-refractivity contribution in [1.82, 2.24) is 19.8 Å². The zero-order valence-electron chi connectivity index (χ0n) is 19.1. The van der Waals surface area contributed by atoms with E-state index in [9.17, 15) is 23.2 Å². The lowest BCUT2D eigenvalue weighted by atomic mass is 9.54. The number of methoxy groups -OCH3 is 2. The van der Waals surface area contributed by atoms with Gasteiger partial charge in [0, 0.05) is 13.1 Å². The molecule has 2 aromatic heterocycles. The van der Waals surface area contributed by atoms with Crippen LogP contribution >= 0.6 is 0 Å². The van der Waals surface area contributed by atoms with E-state index in [0.29, 0.717) is 0 Å². The number of aromatic nitrogens is 2. The van der Waals surface area contributed by atoms with Gasteiger partial charge in [-0.05, 0) is 38.4 Å². The number of carbonyl (C=O) groups excluding carboxylic acids is 3. The molecule has 34 heavy (non-hydrogen) atoms. The van der Waals surface area contributed by atoms with Crippen molar-refractivity contribution in [3.05, 3.63) is 59.7 Å². The summed E-state index contributed by atoms with van der Waals surface area (Å²) in [4.78, 5) is 52.2. The molecule has 0 aromatic carbocycles. The van der Waals surface area contributed by atoms with Crippen LogP contribution in [0.1, 0.15) is 23.5 Å². The summed E-state index contributed by atoms with van der Waals surface area (Å²) in [5, 5.41) is 0. The number of piperidine rings is 2. The molecule has 9 nitrogen and oxygen atoms in total. The average molecular weight is 474 g/mol. The number of hydrogen-bond acceptors (Lipinski definition) is 9. The number of likely N-dealkylation sites (tertiary alicyclic amines) is 2. The van der Waals surface area contributed by atoms with Gasteiger partial charge in [-0.1, -0.05) is 12.1 Å². The summed E-state index contributed by atoms with van der Waals surface area (Å²) < 4.78 is 38.6. The van der Waals surface area contributed by atoms with Gasteiger partial charge in [-0.25, -0.2) is 9.97 Å². The Labute approximate surface area is 194 Å². The van der Waals surface area contributed by atoms with Crippen LogP contribution in [0.2, 0.25) is 0 Å². The Bertz CT molecular complexity index is 1080. The van der Waals surface area contributed by atoms with Crippen molar-refractivity contribution in [2.45, 2.75) is 12.1 Å². The van der Waals surface area contributed by atoms with Gasteiger partial charge in [-0.15, -0.1) is 0 Å². The zero-order chi connectivity index (χ0) is 24.8. The fourth-order valence-electron chi connectivity index (χ4n) is 5.69. The number of pyridine rings is 2. The lowest BCUT2D eigenvalue weighted by molar-refractivity contribution is -0.202. The van der Waals surface area contributed by atoms with Crippen LogP contribution in [0, 0.1) is 22.7 Å². The number of hydrogen-bond donors (Lipinski definition) is 0. The van der Waals surface area contributed by atoms with Crippen molar-refractivity contribution in [2.75, 3.05) is 41.4 Å². The lowest BCUT2D eigenvalue weighted by Gasteiger charge is -2.60. The monoisotopic (exact) mass is 474 g/mol. The minimum absolute atomic E-state index is 0.0800. The first-order valence-corrected chi connectivity index (χ1v) is 10.5. The molecule has 4 rings (SSSR count). The van der Waals surface area contributed by atoms with Crippen molar-refractivity contribution in [1.29, 1.82) is 0 Å². The highest BCUT2D eigenvalue weighted by Gasteiger charge is 2.75. The second-order valence-corrected chi connectivity index (χ2v) is 8.67. The Morgan fingerprint density at radius 1 is 0.882 bits per heavy atom. The van der Waals surface area contributed by atoms with Crippen molar-refractivity contribution in [3.63, 3.8) is 0 Å². The molecule has 180 valence electrons. The number of fused-ring (bicyclic) bond motifs is 2. The Morgan fingerprint density at radius 3 is 1.65 bits per heavy atom. The molecular formula is C23H24F2N4O5. The number of ether oxygens (including phenoxy) is 2. The molecule has 0 spiro atoms. The van der Waals surface area contributed by atoms with Crippen LogP contribution in [-0.2, 0) is 23.9 Å². The molecule has 2 bridgehead atoms. The second-order valence-electron chi connectivity index (χ2n) is 8.67. The lowest BCUT2D eigenvalue weighted by Crippen LogP contribution is -2.75. The average Bonchev–Trinajstić information content (AvgIpc) is 2.80. The topological polar surface area (TPSA) is 102 Å². The molecule has 2 fully saturated rings. The predicted molar refractivity (Wildman–Crippen MR) is 113 cm³/mol. The van der Waals surface area contributed by atoms with Crippen LogP contribution in [0.3, 0.4) is 0 Å². The van der Waals surface area contributed by atoms with Gasteiger partial charge in [0.15, 0.2) is 16.6 Å². The summed E-state index contributed by atoms with van der Waals surface area (Å²) in [5.74, 6) is -4.18. The smallest absolute Gasteiger partial charge is 0.322 e. The summed E-state index contributed by atoms with van der Waals surface area (Å²) in [6.07, 6.45) is 0. The normalized spacial score (nSPS) is 29.5. The molecule has 0 N–H and O–H groups in total. The minimum atomic E-state index is -1.95. The molecule has 2 aliphatic heterocycles. The molecule has 0 radical (unpaired) electrons. The predicted octanol–water partition coefficient (Wildman–Crippen LogP) is 1.32. The van der Waals surface area contributed by atoms with E-state index in [1.165, 1.54) is 24.3 Å². The largest absolute Gasteiger partial charge is 0.468 e. The van der Waals surface area contributed by atoms with Crippen molar-refractivity contribution in [3.8, 4) is 0 Å². The van der Waals surface area contributed by atoms with Crippen molar-refractivity contribution in [2.24, 2.45) is 10.8 Å². The third-order valence-electron chi connectivity index (χ3n) is 6.73. The second kappa shape index (κ2) is 8.48. The number of nitrogens with zero attached hydrogens (tertiary/aromatic N) is 4. The Morgan fingerprint density at radius 2 is 1.29 bits per heavy atom. The highest BCUT2D eigenvalue weighted by Crippen LogP contribution is 2.59. The fourth-order valence-corrected chi connectivity index (χ4v) is 5.69. The van der Waals surface area contributed by atoms with Gasteiger partial charge in [0.05, 0.1) is 37.7 Å². The van der Waals surface area contributed by atoms with E-state index in [1.54, 1.807) is 23.9 Å². The number of carbonyl (C=O) groups is 3. The van der Waals surface area contributed by atoms with Crippen LogP contribution < -0.4 is 0 Å². The van der Waals surface area contributed by atoms with Crippen molar-refractivity contribution >= 4 is 17.7 Å². The Hall–Kier alpha value is -3.31. The van der Waals surface area contributed by atoms with Crippen LogP contribution in [0.15, 0.2) is 36.4 Å². The molecule has 2 saturated heterocycles. The first kappa shape index (κ1) is 23.8. The first-order valence-electron chi connectivity index (χ1n) is 10.5. The molecule has 0 saturated carbocycles. The number of ketones is 1. The maximum Gasteiger partial charge on any atom is 0.322 e. The summed E-state index contributed by atoms with van der Waals surface area (Å²) in [5.41, 5.74) is -3.74. The zero-order valence-corrected chi connectivity index (χ0v) is 19.1. The van der Waals surface area contributed by atoms with E-state index in [1.807, 2.05) is 0 Å². The highest BCUT2D eigenvalue weighted by atomic mass is 19.1.